The first kappa shape index (κ1) is 79.2. The van der Waals surface area contributed by atoms with Gasteiger partial charge in [-0.1, -0.05) is 29.8 Å². The molecule has 5 atom stereocenters. The molecule has 13 heterocycles. The van der Waals surface area contributed by atoms with E-state index in [9.17, 15) is 38.0 Å². The molecule has 0 spiro atoms. The lowest BCUT2D eigenvalue weighted by atomic mass is 10.0. The second-order valence-corrected chi connectivity index (χ2v) is 31.6. The number of nitrogens with two attached hydrogens (primary N) is 4. The number of fused-ring (bicyclic) bond motifs is 4. The van der Waals surface area contributed by atoms with Crippen LogP contribution >= 0.6 is 0 Å². The lowest BCUT2D eigenvalue weighted by molar-refractivity contribution is 0.0904. The number of nitrogens with zero attached hydrogens (tertiary/aromatic N) is 16. The van der Waals surface area contributed by atoms with Crippen LogP contribution in [0.2, 0.25) is 0 Å². The Hall–Kier alpha value is -12.0. The molecule has 11 aromatic heterocycles. The summed E-state index contributed by atoms with van der Waals surface area (Å²) in [5, 5.41) is 43.5. The Morgan fingerprint density at radius 1 is 0.517 bits per heavy atom. The highest BCUT2D eigenvalue weighted by Gasteiger charge is 2.42. The van der Waals surface area contributed by atoms with E-state index in [-0.39, 0.29) is 76.8 Å². The van der Waals surface area contributed by atoms with Crippen LogP contribution in [-0.4, -0.2) is 167 Å². The second-order valence-electron chi connectivity index (χ2n) is 31.6. The Morgan fingerprint density at radius 2 is 0.974 bits per heavy atom. The molecular formula is C86H88F4N20O6. The Balaban J connectivity index is 0.000000122. The molecule has 0 amide bonds. The summed E-state index contributed by atoms with van der Waals surface area (Å²) >= 11 is 0. The summed E-state index contributed by atoms with van der Waals surface area (Å²) in [6.07, 6.45) is 30.7. The van der Waals surface area contributed by atoms with Crippen molar-refractivity contribution >= 4 is 62.1 Å². The average Bonchev–Trinajstić information content (AvgIpc) is 1.58. The molecule has 596 valence electrons. The van der Waals surface area contributed by atoms with Gasteiger partial charge in [0.1, 0.15) is 69.0 Å². The number of hydrogen-bond donors (Lipinski definition) is 8. The molecule has 0 radical (unpaired) electrons. The lowest BCUT2D eigenvalue weighted by Crippen LogP contribution is -2.48. The fourth-order valence-corrected chi connectivity index (χ4v) is 14.5. The first-order valence-corrected chi connectivity index (χ1v) is 38.6. The van der Waals surface area contributed by atoms with Crippen molar-refractivity contribution in [3.63, 3.8) is 0 Å². The number of ether oxygens (including phenoxy) is 2. The van der Waals surface area contributed by atoms with Crippen LogP contribution in [0.5, 0.6) is 5.75 Å². The maximum Gasteiger partial charge on any atom is 0.220 e. The Kier molecular flexibility index (Phi) is 21.9. The van der Waals surface area contributed by atoms with Gasteiger partial charge in [0.25, 0.3) is 0 Å². The fraction of sp³-hybridized carbons (Fsp3) is 0.395. The van der Waals surface area contributed by atoms with E-state index < -0.39 is 46.5 Å². The predicted molar refractivity (Wildman–Crippen MR) is 431 cm³/mol. The van der Waals surface area contributed by atoms with Gasteiger partial charge < -0.3 is 66.5 Å². The summed E-state index contributed by atoms with van der Waals surface area (Å²) in [4.78, 5) is 52.0. The highest BCUT2D eigenvalue weighted by molar-refractivity contribution is 5.98. The summed E-state index contributed by atoms with van der Waals surface area (Å²) in [7, 11) is 1.58. The van der Waals surface area contributed by atoms with Crippen LogP contribution in [0.1, 0.15) is 157 Å². The normalized spacial score (nSPS) is 18.3. The smallest absolute Gasteiger partial charge is 0.220 e. The molecule has 18 rings (SSSR count). The quantitative estimate of drug-likeness (QED) is 0.0370. The van der Waals surface area contributed by atoms with E-state index in [4.69, 9.17) is 32.4 Å². The molecule has 2 saturated heterocycles. The van der Waals surface area contributed by atoms with Crippen molar-refractivity contribution in [2.75, 3.05) is 56.4 Å². The number of halogens is 4. The Bertz CT molecular complexity index is 5940. The maximum absolute atomic E-state index is 14.6. The summed E-state index contributed by atoms with van der Waals surface area (Å²) in [6, 6.07) is 8.43. The van der Waals surface area contributed by atoms with Gasteiger partial charge in [-0.15, -0.1) is 0 Å². The van der Waals surface area contributed by atoms with Crippen LogP contribution in [0.3, 0.4) is 0 Å². The average molecular weight is 1570 g/mol. The second kappa shape index (κ2) is 32.0. The van der Waals surface area contributed by atoms with Crippen LogP contribution < -0.4 is 27.7 Å². The number of allylic oxidation sites excluding steroid dienone is 1. The van der Waals surface area contributed by atoms with Gasteiger partial charge in [-0.3, -0.25) is 4.90 Å². The Labute approximate surface area is 666 Å². The van der Waals surface area contributed by atoms with E-state index in [1.165, 1.54) is 19.8 Å². The largest absolute Gasteiger partial charge is 0.493 e. The standard InChI is InChI=1S/C23H24FN5O2.C22H22F2N6O.C22H25N5O2.C19H17FN4O/c1-23(30,14-4-5-14)7-6-15-9-17-18(21-19(24)10-27-22(25)28-21)13-29(20(17)11-26-15)12-16-3-2-8-31-16;1-22(31,12-23)5-4-13-6-16-17(20-18(24)7-27-21(25)28-20)11-30(19(16)8-26-13)15-9-29(10-15)14-2-3-14;1-13(2)27-12-17(20-19(29-4)11-25-21(23)26-20)16-9-15(24-10-18(16)27)7-8-22(3,28)14-5-6-14;1-19(25,12-3-4-12)7-6-13-8-15-11(9-22-13)2-5-14(15)17-16(20)10-23-18(21)24-17/h9-11,13-14,16,30H,2-5,8,12H2,1H3,(H2,25,27,28);6-8,11,14-15,31H,2-3,9-10,12H2,1H3,(H2,25,27,28);9-14,28H,5-6H2,1-4H3,(H2,23,25,26);5,8-10,12,25H,2-4H2,1H3,(H2,21,23,24). The molecule has 0 aromatic carbocycles. The molecule has 30 heteroatoms. The molecular weight excluding hydrogens is 1490 g/mol. The highest BCUT2D eigenvalue weighted by atomic mass is 19.1. The zero-order valence-electron chi connectivity index (χ0n) is 65.2. The van der Waals surface area contributed by atoms with Gasteiger partial charge in [0, 0.05) is 102 Å². The van der Waals surface area contributed by atoms with Gasteiger partial charge in [0.2, 0.25) is 23.8 Å². The van der Waals surface area contributed by atoms with Crippen LogP contribution in [0.4, 0.5) is 41.4 Å². The molecule has 5 unspecified atom stereocenters. The van der Waals surface area contributed by atoms with Crippen molar-refractivity contribution in [2.24, 2.45) is 17.8 Å². The van der Waals surface area contributed by atoms with E-state index in [0.717, 1.165) is 134 Å². The lowest BCUT2D eigenvalue weighted by Gasteiger charge is -2.40. The first-order valence-electron chi connectivity index (χ1n) is 38.6. The van der Waals surface area contributed by atoms with Crippen LogP contribution in [0.15, 0.2) is 98.5 Å². The number of alkyl halides is 1. The number of aliphatic hydroxyl groups is 4. The summed E-state index contributed by atoms with van der Waals surface area (Å²) in [5.74, 6) is 22.8. The van der Waals surface area contributed by atoms with Gasteiger partial charge in [-0.25, -0.2) is 77.4 Å². The summed E-state index contributed by atoms with van der Waals surface area (Å²) in [5.41, 5.74) is 28.3. The van der Waals surface area contributed by atoms with Crippen molar-refractivity contribution in [1.29, 1.82) is 0 Å². The van der Waals surface area contributed by atoms with Crippen molar-refractivity contribution in [3.8, 4) is 86.9 Å². The third-order valence-corrected chi connectivity index (χ3v) is 21.8. The van der Waals surface area contributed by atoms with Crippen LogP contribution in [0, 0.1) is 82.6 Å². The number of methoxy groups -OCH3 is 1. The molecule has 5 aliphatic carbocycles. The van der Waals surface area contributed by atoms with Crippen LogP contribution in [-0.2, 0) is 17.7 Å². The fourth-order valence-electron chi connectivity index (χ4n) is 14.5. The number of nitrogen functional groups attached to an aromatic ring is 4. The number of anilines is 4. The topological polar surface area (TPSA) is 376 Å². The first-order chi connectivity index (χ1) is 55.5. The van der Waals surface area contributed by atoms with Crippen molar-refractivity contribution in [3.05, 3.63) is 156 Å². The summed E-state index contributed by atoms with van der Waals surface area (Å²) < 4.78 is 73.7. The third-order valence-electron chi connectivity index (χ3n) is 21.8. The molecule has 0 bridgehead atoms. The molecule has 11 aromatic rings. The molecule has 4 saturated carbocycles. The number of rotatable bonds is 14. The minimum absolute atomic E-state index is 0.00554. The number of likely N-dealkylation sites (tertiary alicyclic amines) is 1. The van der Waals surface area contributed by atoms with Crippen molar-refractivity contribution in [2.45, 2.75) is 165 Å². The van der Waals surface area contributed by atoms with Gasteiger partial charge in [0.15, 0.2) is 28.8 Å². The monoisotopic (exact) mass is 1570 g/mol. The zero-order valence-corrected chi connectivity index (χ0v) is 65.2. The number of pyridine rings is 4. The van der Waals surface area contributed by atoms with Gasteiger partial charge in [-0.05, 0) is 189 Å². The zero-order chi connectivity index (χ0) is 81.7. The molecule has 12 N–H and O–H groups in total. The van der Waals surface area contributed by atoms with Gasteiger partial charge in [-0.2, -0.15) is 0 Å². The molecule has 26 nitrogen and oxygen atoms in total. The van der Waals surface area contributed by atoms with E-state index in [1.807, 2.05) is 53.6 Å². The number of hydrogen-bond acceptors (Lipinski definition) is 23. The molecule has 2 aliphatic heterocycles. The Morgan fingerprint density at radius 3 is 1.48 bits per heavy atom. The van der Waals surface area contributed by atoms with Gasteiger partial charge >= 0.3 is 0 Å². The minimum atomic E-state index is -1.75. The van der Waals surface area contributed by atoms with E-state index in [1.54, 1.807) is 58.7 Å². The maximum atomic E-state index is 14.6. The molecule has 116 heavy (non-hydrogen) atoms. The SMILES string of the molecule is CC(O)(C#Cc1cc2c(-c3nc(N)ncc3F)cn(C3CN(C4CC4)C3)c2cn1)CF.CC(O)(C#Cc1cc2c(-c3nc(N)ncc3F)cn(CC3CCCO3)c2cn1)C1CC1.CC(O)(C#Cc1cc2c(cn1)CC=C2c1nc(N)ncc1F)C1CC1.COc1cnc(N)nc1-c1cn(C(C)C)c2cnc(C#CC(C)(O)C3CC3)cc12. The van der Waals surface area contributed by atoms with E-state index >= 15 is 0 Å². The third kappa shape index (κ3) is 17.6. The van der Waals surface area contributed by atoms with E-state index in [2.05, 4.69) is 135 Å². The number of aromatic nitrogens is 15. The summed E-state index contributed by atoms with van der Waals surface area (Å²) in [6.45, 7) is 13.0. The van der Waals surface area contributed by atoms with Gasteiger partial charge in [0.05, 0.1) is 79.2 Å². The molecule has 7 aliphatic rings. The minimum Gasteiger partial charge on any atom is -0.493 e. The van der Waals surface area contributed by atoms with E-state index in [0.29, 0.717) is 75.3 Å². The van der Waals surface area contributed by atoms with Crippen molar-refractivity contribution < 1.29 is 47.5 Å². The van der Waals surface area contributed by atoms with Crippen LogP contribution in [0.25, 0.3) is 72.1 Å². The predicted octanol–water partition coefficient (Wildman–Crippen LogP) is 10.5. The molecule has 6 fully saturated rings. The van der Waals surface area contributed by atoms with Crippen molar-refractivity contribution in [1.82, 2.24) is 78.4 Å². The highest BCUT2D eigenvalue weighted by Crippen LogP contribution is 2.44.